The van der Waals surface area contributed by atoms with Crippen LogP contribution < -0.4 is 4.90 Å². The van der Waals surface area contributed by atoms with Crippen LogP contribution in [0.15, 0.2) is 12.4 Å². The van der Waals surface area contributed by atoms with Crippen LogP contribution in [-0.4, -0.2) is 22.4 Å². The van der Waals surface area contributed by atoms with Crippen LogP contribution in [0.3, 0.4) is 0 Å². The van der Waals surface area contributed by atoms with E-state index in [1.807, 2.05) is 0 Å². The van der Waals surface area contributed by atoms with Crippen LogP contribution >= 0.6 is 23.2 Å². The highest BCUT2D eigenvalue weighted by atomic mass is 35.5. The van der Waals surface area contributed by atoms with E-state index in [-0.39, 0.29) is 5.95 Å². The number of carbonyl (C=O) groups is 1. The molecule has 64 valence electrons. The maximum atomic E-state index is 10.6. The molecule has 4 nitrogen and oxygen atoms in total. The Labute approximate surface area is 79.1 Å². The fraction of sp³-hybridized carbons (Fsp3) is 0.167. The number of rotatable bonds is 1. The second-order valence-electron chi connectivity index (χ2n) is 2.01. The molecule has 0 spiro atoms. The zero-order valence-corrected chi connectivity index (χ0v) is 7.67. The Balaban J connectivity index is 2.89. The van der Waals surface area contributed by atoms with Crippen molar-refractivity contribution in [2.45, 2.75) is 0 Å². The molecule has 12 heavy (non-hydrogen) atoms. The molecule has 0 saturated carbocycles. The largest absolute Gasteiger partial charge is 0.322 e. The van der Waals surface area contributed by atoms with Crippen molar-refractivity contribution < 1.29 is 4.79 Å². The van der Waals surface area contributed by atoms with Crippen molar-refractivity contribution in [2.75, 3.05) is 11.9 Å². The first-order valence-corrected chi connectivity index (χ1v) is 3.77. The summed E-state index contributed by atoms with van der Waals surface area (Å²) in [6.45, 7) is 0. The summed E-state index contributed by atoms with van der Waals surface area (Å²) in [5, 5.41) is -0.230. The molecule has 0 aliphatic carbocycles. The lowest BCUT2D eigenvalue weighted by Gasteiger charge is -2.09. The zero-order chi connectivity index (χ0) is 9.14. The van der Waals surface area contributed by atoms with Gasteiger partial charge in [0.1, 0.15) is 0 Å². The zero-order valence-electron chi connectivity index (χ0n) is 6.16. The quantitative estimate of drug-likeness (QED) is 0.520. The average Bonchev–Trinajstić information content (AvgIpc) is 2.04. The Kier molecular flexibility index (Phi) is 2.83. The van der Waals surface area contributed by atoms with Crippen molar-refractivity contribution in [3.63, 3.8) is 0 Å². The summed E-state index contributed by atoms with van der Waals surface area (Å²) in [5.74, 6) is 0.222. The highest BCUT2D eigenvalue weighted by molar-refractivity contribution is 6.66. The first-order valence-electron chi connectivity index (χ1n) is 3.02. The number of amides is 1. The number of nitrogens with zero attached hydrogens (tertiary/aromatic N) is 3. The molecular weight excluding hydrogens is 201 g/mol. The van der Waals surface area contributed by atoms with Crippen LogP contribution in [-0.2, 0) is 0 Å². The molecule has 6 heteroatoms. The predicted molar refractivity (Wildman–Crippen MR) is 46.7 cm³/mol. The standard InChI is InChI=1S/C6H5Cl2N3O/c1-11(5(8)12)6-9-2-4(7)3-10-6/h2-3H,1H3. The topological polar surface area (TPSA) is 46.1 Å². The fourth-order valence-electron chi connectivity index (χ4n) is 0.557. The van der Waals surface area contributed by atoms with E-state index in [0.29, 0.717) is 5.02 Å². The van der Waals surface area contributed by atoms with Crippen molar-refractivity contribution in [3.05, 3.63) is 17.4 Å². The molecular formula is C6H5Cl2N3O. The minimum atomic E-state index is -0.641. The van der Waals surface area contributed by atoms with Crippen LogP contribution in [0, 0.1) is 0 Å². The van der Waals surface area contributed by atoms with Crippen molar-refractivity contribution in [2.24, 2.45) is 0 Å². The third-order valence-corrected chi connectivity index (χ3v) is 1.62. The summed E-state index contributed by atoms with van der Waals surface area (Å²) < 4.78 is 0. The predicted octanol–water partition coefficient (Wildman–Crippen LogP) is 1.92. The van der Waals surface area contributed by atoms with Crippen molar-refractivity contribution in [1.29, 1.82) is 0 Å². The first kappa shape index (κ1) is 9.22. The van der Waals surface area contributed by atoms with E-state index < -0.39 is 5.37 Å². The normalized spacial score (nSPS) is 9.58. The van der Waals surface area contributed by atoms with Gasteiger partial charge < -0.3 is 0 Å². The summed E-state index contributed by atoms with van der Waals surface area (Å²) in [5.41, 5.74) is 0. The lowest BCUT2D eigenvalue weighted by Crippen LogP contribution is -2.21. The molecule has 1 amide bonds. The van der Waals surface area contributed by atoms with Gasteiger partial charge in [-0.2, -0.15) is 0 Å². The van der Waals surface area contributed by atoms with Gasteiger partial charge in [0, 0.05) is 7.05 Å². The van der Waals surface area contributed by atoms with E-state index in [1.165, 1.54) is 19.4 Å². The molecule has 0 saturated heterocycles. The number of anilines is 1. The summed E-state index contributed by atoms with van der Waals surface area (Å²) in [6.07, 6.45) is 2.78. The van der Waals surface area contributed by atoms with Crippen LogP contribution in [0.1, 0.15) is 0 Å². The molecule has 0 N–H and O–H groups in total. The molecule has 0 unspecified atom stereocenters. The average molecular weight is 206 g/mol. The molecule has 0 fully saturated rings. The maximum absolute atomic E-state index is 10.6. The highest BCUT2D eigenvalue weighted by Crippen LogP contribution is 2.09. The van der Waals surface area contributed by atoms with Gasteiger partial charge in [-0.3, -0.25) is 9.69 Å². The Morgan fingerprint density at radius 3 is 2.42 bits per heavy atom. The lowest BCUT2D eigenvalue weighted by molar-refractivity contribution is 0.265. The van der Waals surface area contributed by atoms with Crippen molar-refractivity contribution in [3.8, 4) is 0 Å². The van der Waals surface area contributed by atoms with Gasteiger partial charge in [-0.25, -0.2) is 9.97 Å². The van der Waals surface area contributed by atoms with E-state index in [4.69, 9.17) is 23.2 Å². The van der Waals surface area contributed by atoms with E-state index in [9.17, 15) is 4.79 Å². The van der Waals surface area contributed by atoms with Gasteiger partial charge in [-0.15, -0.1) is 0 Å². The number of hydrogen-bond donors (Lipinski definition) is 0. The van der Waals surface area contributed by atoms with Gasteiger partial charge in [-0.05, 0) is 11.6 Å². The molecule has 1 rings (SSSR count). The third kappa shape index (κ3) is 2.06. The first-order chi connectivity index (χ1) is 5.61. The molecule has 0 aliphatic rings. The van der Waals surface area contributed by atoms with Crippen molar-refractivity contribution >= 4 is 34.5 Å². The van der Waals surface area contributed by atoms with Gasteiger partial charge in [0.2, 0.25) is 5.95 Å². The van der Waals surface area contributed by atoms with Crippen molar-refractivity contribution in [1.82, 2.24) is 9.97 Å². The summed E-state index contributed by atoms with van der Waals surface area (Å²) in [4.78, 5) is 19.3. The maximum Gasteiger partial charge on any atom is 0.322 e. The highest BCUT2D eigenvalue weighted by Gasteiger charge is 2.09. The van der Waals surface area contributed by atoms with Gasteiger partial charge in [0.25, 0.3) is 0 Å². The van der Waals surface area contributed by atoms with Gasteiger partial charge in [0.05, 0.1) is 17.4 Å². The lowest BCUT2D eigenvalue weighted by atomic mass is 10.6. The summed E-state index contributed by atoms with van der Waals surface area (Å²) in [7, 11) is 1.47. The Morgan fingerprint density at radius 1 is 1.50 bits per heavy atom. The minimum absolute atomic E-state index is 0.222. The molecule has 0 atom stereocenters. The van der Waals surface area contributed by atoms with E-state index in [0.717, 1.165) is 4.90 Å². The monoisotopic (exact) mass is 205 g/mol. The van der Waals surface area contributed by atoms with Crippen LogP contribution in [0.4, 0.5) is 10.7 Å². The Bertz CT molecular complexity index is 287. The number of aromatic nitrogens is 2. The van der Waals surface area contributed by atoms with Crippen LogP contribution in [0.2, 0.25) is 5.02 Å². The SMILES string of the molecule is CN(C(=O)Cl)c1ncc(Cl)cn1. The molecule has 1 aromatic heterocycles. The number of carbonyl (C=O) groups excluding carboxylic acids is 1. The van der Waals surface area contributed by atoms with Crippen LogP contribution in [0.5, 0.6) is 0 Å². The number of hydrogen-bond acceptors (Lipinski definition) is 3. The van der Waals surface area contributed by atoms with Crippen LogP contribution in [0.25, 0.3) is 0 Å². The Hall–Kier alpha value is -0.870. The molecule has 1 aromatic rings. The molecule has 1 heterocycles. The molecule has 0 aliphatic heterocycles. The molecule has 0 radical (unpaired) electrons. The fourth-order valence-corrected chi connectivity index (χ4v) is 0.730. The molecule has 0 aromatic carbocycles. The van der Waals surface area contributed by atoms with Gasteiger partial charge in [-0.1, -0.05) is 11.6 Å². The third-order valence-electron chi connectivity index (χ3n) is 1.17. The smallest absolute Gasteiger partial charge is 0.270 e. The van der Waals surface area contributed by atoms with Gasteiger partial charge in [0.15, 0.2) is 0 Å². The van der Waals surface area contributed by atoms with E-state index in [1.54, 1.807) is 0 Å². The van der Waals surface area contributed by atoms with Gasteiger partial charge >= 0.3 is 5.37 Å². The second kappa shape index (κ2) is 3.69. The van der Waals surface area contributed by atoms with E-state index >= 15 is 0 Å². The minimum Gasteiger partial charge on any atom is -0.270 e. The molecule has 0 bridgehead atoms. The van der Waals surface area contributed by atoms with E-state index in [2.05, 4.69) is 9.97 Å². The number of halogens is 2. The summed E-state index contributed by atoms with van der Waals surface area (Å²) in [6, 6.07) is 0. The second-order valence-corrected chi connectivity index (χ2v) is 2.77. The summed E-state index contributed by atoms with van der Waals surface area (Å²) >= 11 is 10.7. The Morgan fingerprint density at radius 2 is 2.00 bits per heavy atom.